The summed E-state index contributed by atoms with van der Waals surface area (Å²) in [5.41, 5.74) is -0.0729. The lowest BCUT2D eigenvalue weighted by atomic mass is 10.3. The molecule has 0 saturated heterocycles. The molecule has 0 saturated carbocycles. The van der Waals surface area contributed by atoms with Crippen molar-refractivity contribution in [3.05, 3.63) is 17.2 Å². The fourth-order valence-corrected chi connectivity index (χ4v) is 1.50. The van der Waals surface area contributed by atoms with Gasteiger partial charge in [-0.15, -0.1) is 0 Å². The van der Waals surface area contributed by atoms with Crippen LogP contribution in [0.5, 0.6) is 0 Å². The molecule has 0 aliphatic carbocycles. The van der Waals surface area contributed by atoms with Crippen LogP contribution in [-0.4, -0.2) is 33.5 Å². The first-order valence-electron chi connectivity index (χ1n) is 4.09. The Kier molecular flexibility index (Phi) is 2.05. The summed E-state index contributed by atoms with van der Waals surface area (Å²) in [5.74, 6) is -0.636. The normalized spacial score (nSPS) is 14.9. The summed E-state index contributed by atoms with van der Waals surface area (Å²) >= 11 is 0. The number of nitrogens with zero attached hydrogens (tertiary/aromatic N) is 2. The Morgan fingerprint density at radius 3 is 3.07 bits per heavy atom. The molecule has 6 nitrogen and oxygen atoms in total. The Labute approximate surface area is 79.1 Å². The van der Waals surface area contributed by atoms with Gasteiger partial charge >= 0.3 is 5.97 Å². The van der Waals surface area contributed by atoms with Gasteiger partial charge in [-0.05, 0) is 0 Å². The second-order valence-corrected chi connectivity index (χ2v) is 2.89. The van der Waals surface area contributed by atoms with Crippen LogP contribution in [0.3, 0.4) is 0 Å². The minimum Gasteiger partial charge on any atom is -0.477 e. The number of carboxylic acids is 1. The molecule has 2 rings (SSSR count). The van der Waals surface area contributed by atoms with Gasteiger partial charge in [0.15, 0.2) is 12.0 Å². The number of aromatic nitrogens is 2. The number of aromatic carboxylic acids is 1. The topological polar surface area (TPSA) is 81.4 Å². The molecule has 0 spiro atoms. The largest absolute Gasteiger partial charge is 0.477 e. The van der Waals surface area contributed by atoms with E-state index >= 15 is 0 Å². The maximum Gasteiger partial charge on any atom is 0.354 e. The number of rotatable bonds is 2. The van der Waals surface area contributed by atoms with Crippen molar-refractivity contribution in [2.45, 2.75) is 13.2 Å². The van der Waals surface area contributed by atoms with Gasteiger partial charge in [0, 0.05) is 6.54 Å². The van der Waals surface area contributed by atoms with E-state index in [4.69, 9.17) is 9.84 Å². The molecule has 0 fully saturated rings. The average Bonchev–Trinajstić information content (AvgIpc) is 2.55. The number of ether oxygens (including phenoxy) is 1. The maximum absolute atomic E-state index is 10.9. The van der Waals surface area contributed by atoms with Gasteiger partial charge in [0.2, 0.25) is 0 Å². The summed E-state index contributed by atoms with van der Waals surface area (Å²) in [6, 6.07) is 0. The smallest absolute Gasteiger partial charge is 0.354 e. The molecule has 6 heteroatoms. The predicted octanol–water partition coefficient (Wildman–Crippen LogP) is -0.0760. The van der Waals surface area contributed by atoms with Gasteiger partial charge in [0.05, 0.1) is 6.61 Å². The van der Waals surface area contributed by atoms with Gasteiger partial charge in [-0.3, -0.25) is 4.79 Å². The second kappa shape index (κ2) is 3.22. The third-order valence-electron chi connectivity index (χ3n) is 2.08. The lowest BCUT2D eigenvalue weighted by Crippen LogP contribution is -2.20. The Bertz CT molecular complexity index is 396. The molecule has 1 N–H and O–H groups in total. The standard InChI is InChI=1S/C8H8N2O4/c11-3-5-7(8(12)13)10-1-2-14-4-6(10)9-5/h3H,1-2,4H2,(H,12,13). The van der Waals surface area contributed by atoms with Gasteiger partial charge in [-0.1, -0.05) is 0 Å². The summed E-state index contributed by atoms with van der Waals surface area (Å²) in [5, 5.41) is 8.88. The van der Waals surface area contributed by atoms with Crippen LogP contribution < -0.4 is 0 Å². The number of hydrogen-bond donors (Lipinski definition) is 1. The van der Waals surface area contributed by atoms with Crippen molar-refractivity contribution in [1.82, 2.24) is 9.55 Å². The molecule has 1 aliphatic heterocycles. The molecule has 0 bridgehead atoms. The van der Waals surface area contributed by atoms with Crippen LogP contribution in [0.25, 0.3) is 0 Å². The summed E-state index contributed by atoms with van der Waals surface area (Å²) in [7, 11) is 0. The lowest BCUT2D eigenvalue weighted by Gasteiger charge is -2.15. The van der Waals surface area contributed by atoms with Gasteiger partial charge in [0.1, 0.15) is 18.1 Å². The van der Waals surface area contributed by atoms with E-state index in [1.807, 2.05) is 0 Å². The van der Waals surface area contributed by atoms with Crippen LogP contribution in [0.15, 0.2) is 0 Å². The van der Waals surface area contributed by atoms with Gasteiger partial charge in [0.25, 0.3) is 0 Å². The van der Waals surface area contributed by atoms with Crippen LogP contribution in [0, 0.1) is 0 Å². The SMILES string of the molecule is O=Cc1nc2n(c1C(=O)O)CCOC2. The summed E-state index contributed by atoms with van der Waals surface area (Å²) < 4.78 is 6.61. The predicted molar refractivity (Wildman–Crippen MR) is 44.2 cm³/mol. The molecule has 0 aromatic carbocycles. The molecule has 74 valence electrons. The van der Waals surface area contributed by atoms with E-state index in [1.54, 1.807) is 0 Å². The van der Waals surface area contributed by atoms with Crippen LogP contribution >= 0.6 is 0 Å². The molecule has 0 atom stereocenters. The fourth-order valence-electron chi connectivity index (χ4n) is 1.50. The van der Waals surface area contributed by atoms with Crippen molar-refractivity contribution >= 4 is 12.3 Å². The molecule has 1 aromatic heterocycles. The van der Waals surface area contributed by atoms with Crippen LogP contribution in [0.4, 0.5) is 0 Å². The Balaban J connectivity index is 2.58. The molecular formula is C8H8N2O4. The van der Waals surface area contributed by atoms with E-state index in [2.05, 4.69) is 4.98 Å². The van der Waals surface area contributed by atoms with Crippen molar-refractivity contribution in [2.24, 2.45) is 0 Å². The van der Waals surface area contributed by atoms with Gasteiger partial charge in [-0.25, -0.2) is 9.78 Å². The van der Waals surface area contributed by atoms with E-state index < -0.39 is 5.97 Å². The van der Waals surface area contributed by atoms with Crippen LogP contribution in [-0.2, 0) is 17.9 Å². The highest BCUT2D eigenvalue weighted by Gasteiger charge is 2.23. The molecule has 0 radical (unpaired) electrons. The number of carbonyl (C=O) groups excluding carboxylic acids is 1. The number of hydrogen-bond acceptors (Lipinski definition) is 4. The molecule has 0 unspecified atom stereocenters. The first-order valence-corrected chi connectivity index (χ1v) is 4.09. The molecule has 14 heavy (non-hydrogen) atoms. The highest BCUT2D eigenvalue weighted by Crippen LogP contribution is 2.15. The van der Waals surface area contributed by atoms with Crippen molar-refractivity contribution < 1.29 is 19.4 Å². The van der Waals surface area contributed by atoms with E-state index in [0.29, 0.717) is 25.3 Å². The first kappa shape index (κ1) is 8.89. The van der Waals surface area contributed by atoms with Gasteiger partial charge < -0.3 is 14.4 Å². The van der Waals surface area contributed by atoms with Gasteiger partial charge in [-0.2, -0.15) is 0 Å². The Morgan fingerprint density at radius 2 is 2.43 bits per heavy atom. The van der Waals surface area contributed by atoms with Crippen molar-refractivity contribution in [1.29, 1.82) is 0 Å². The maximum atomic E-state index is 10.9. The zero-order valence-corrected chi connectivity index (χ0v) is 7.27. The highest BCUT2D eigenvalue weighted by atomic mass is 16.5. The molecule has 1 aliphatic rings. The lowest BCUT2D eigenvalue weighted by molar-refractivity contribution is 0.0640. The minimum absolute atomic E-state index is 0.0296. The zero-order valence-electron chi connectivity index (χ0n) is 7.27. The number of carboxylic acid groups (broad SMARTS) is 1. The Morgan fingerprint density at radius 1 is 1.64 bits per heavy atom. The summed E-state index contributed by atoms with van der Waals surface area (Å²) in [6.07, 6.45) is 0.453. The third kappa shape index (κ3) is 1.20. The molecule has 2 heterocycles. The van der Waals surface area contributed by atoms with Crippen molar-refractivity contribution in [3.8, 4) is 0 Å². The van der Waals surface area contributed by atoms with Crippen molar-refractivity contribution in [2.75, 3.05) is 6.61 Å². The zero-order chi connectivity index (χ0) is 10.1. The number of aldehydes is 1. The van der Waals surface area contributed by atoms with E-state index in [1.165, 1.54) is 4.57 Å². The highest BCUT2D eigenvalue weighted by molar-refractivity contribution is 5.94. The van der Waals surface area contributed by atoms with Crippen LogP contribution in [0.1, 0.15) is 26.8 Å². The van der Waals surface area contributed by atoms with E-state index in [9.17, 15) is 9.59 Å². The molecule has 0 amide bonds. The number of fused-ring (bicyclic) bond motifs is 1. The molecule has 1 aromatic rings. The third-order valence-corrected chi connectivity index (χ3v) is 2.08. The monoisotopic (exact) mass is 196 g/mol. The van der Waals surface area contributed by atoms with E-state index in [-0.39, 0.29) is 18.0 Å². The van der Waals surface area contributed by atoms with Crippen molar-refractivity contribution in [3.63, 3.8) is 0 Å². The number of carbonyl (C=O) groups is 2. The van der Waals surface area contributed by atoms with E-state index in [0.717, 1.165) is 0 Å². The number of imidazole rings is 1. The minimum atomic E-state index is -1.13. The summed E-state index contributed by atoms with van der Waals surface area (Å²) in [4.78, 5) is 25.3. The Hall–Kier alpha value is -1.69. The first-order chi connectivity index (χ1) is 6.74. The fraction of sp³-hybridized carbons (Fsp3) is 0.375. The summed E-state index contributed by atoms with van der Waals surface area (Å²) in [6.45, 7) is 1.13. The van der Waals surface area contributed by atoms with Crippen LogP contribution in [0.2, 0.25) is 0 Å². The second-order valence-electron chi connectivity index (χ2n) is 2.89. The average molecular weight is 196 g/mol. The quantitative estimate of drug-likeness (QED) is 0.669. The molecular weight excluding hydrogens is 188 g/mol.